The largest absolute Gasteiger partial charge is 0.376 e. The van der Waals surface area contributed by atoms with Crippen LogP contribution in [-0.4, -0.2) is 53.3 Å². The number of aromatic nitrogens is 2. The SMILES string of the molecule is Cc1nnc(NC(=O)CN2CCO[C@H](C)C2)s1. The Morgan fingerprint density at radius 1 is 1.65 bits per heavy atom. The van der Waals surface area contributed by atoms with E-state index >= 15 is 0 Å². The van der Waals surface area contributed by atoms with Crippen LogP contribution in [0.25, 0.3) is 0 Å². The summed E-state index contributed by atoms with van der Waals surface area (Å²) in [7, 11) is 0. The molecule has 0 unspecified atom stereocenters. The van der Waals surface area contributed by atoms with E-state index in [9.17, 15) is 4.79 Å². The monoisotopic (exact) mass is 256 g/mol. The lowest BCUT2D eigenvalue weighted by Gasteiger charge is -2.30. The van der Waals surface area contributed by atoms with Crippen LogP contribution in [0.3, 0.4) is 0 Å². The molecule has 0 saturated carbocycles. The Kier molecular flexibility index (Phi) is 4.03. The van der Waals surface area contributed by atoms with E-state index in [1.54, 1.807) is 0 Å². The number of aryl methyl sites for hydroxylation is 1. The molecule has 0 spiro atoms. The van der Waals surface area contributed by atoms with Gasteiger partial charge in [-0.1, -0.05) is 11.3 Å². The van der Waals surface area contributed by atoms with Crippen molar-refractivity contribution >= 4 is 22.4 Å². The molecule has 2 rings (SSSR count). The second-order valence-corrected chi connectivity index (χ2v) is 5.27. The smallest absolute Gasteiger partial charge is 0.240 e. The van der Waals surface area contributed by atoms with Crippen molar-refractivity contribution in [2.24, 2.45) is 0 Å². The molecule has 1 aromatic rings. The van der Waals surface area contributed by atoms with Gasteiger partial charge in [-0.25, -0.2) is 0 Å². The average molecular weight is 256 g/mol. The molecule has 2 heterocycles. The van der Waals surface area contributed by atoms with E-state index in [0.29, 0.717) is 18.3 Å². The van der Waals surface area contributed by atoms with Gasteiger partial charge in [0.05, 0.1) is 19.3 Å². The normalized spacial score (nSPS) is 21.4. The van der Waals surface area contributed by atoms with Crippen LogP contribution in [0.1, 0.15) is 11.9 Å². The molecule has 1 aliphatic rings. The van der Waals surface area contributed by atoms with Gasteiger partial charge in [0.15, 0.2) is 0 Å². The molecule has 17 heavy (non-hydrogen) atoms. The molecule has 0 aromatic carbocycles. The van der Waals surface area contributed by atoms with Gasteiger partial charge in [0.1, 0.15) is 5.01 Å². The zero-order chi connectivity index (χ0) is 12.3. The van der Waals surface area contributed by atoms with Gasteiger partial charge in [0.2, 0.25) is 11.0 Å². The van der Waals surface area contributed by atoms with Gasteiger partial charge in [0, 0.05) is 13.1 Å². The Morgan fingerprint density at radius 3 is 3.12 bits per heavy atom. The van der Waals surface area contributed by atoms with E-state index in [4.69, 9.17) is 4.74 Å². The van der Waals surface area contributed by atoms with Crippen molar-refractivity contribution in [3.8, 4) is 0 Å². The number of carbonyl (C=O) groups is 1. The van der Waals surface area contributed by atoms with Crippen LogP contribution in [0.15, 0.2) is 0 Å². The van der Waals surface area contributed by atoms with Crippen LogP contribution in [0, 0.1) is 6.92 Å². The third-order valence-electron chi connectivity index (χ3n) is 2.46. The van der Waals surface area contributed by atoms with Crippen LogP contribution in [0.2, 0.25) is 0 Å². The number of carbonyl (C=O) groups excluding carboxylic acids is 1. The average Bonchev–Trinajstić information content (AvgIpc) is 2.63. The van der Waals surface area contributed by atoms with Gasteiger partial charge in [-0.2, -0.15) is 0 Å². The van der Waals surface area contributed by atoms with Crippen molar-refractivity contribution in [3.63, 3.8) is 0 Å². The van der Waals surface area contributed by atoms with Crippen LogP contribution in [-0.2, 0) is 9.53 Å². The van der Waals surface area contributed by atoms with E-state index in [2.05, 4.69) is 20.4 Å². The van der Waals surface area contributed by atoms with Crippen LogP contribution in [0.5, 0.6) is 0 Å². The summed E-state index contributed by atoms with van der Waals surface area (Å²) in [5, 5.41) is 11.9. The molecule has 7 heteroatoms. The summed E-state index contributed by atoms with van der Waals surface area (Å²) in [4.78, 5) is 13.8. The minimum atomic E-state index is -0.0461. The summed E-state index contributed by atoms with van der Waals surface area (Å²) in [5.41, 5.74) is 0. The third kappa shape index (κ3) is 3.72. The second kappa shape index (κ2) is 5.52. The van der Waals surface area contributed by atoms with Crippen molar-refractivity contribution in [2.75, 3.05) is 31.6 Å². The maximum absolute atomic E-state index is 11.7. The fourth-order valence-corrected chi connectivity index (χ4v) is 2.35. The molecule has 0 radical (unpaired) electrons. The maximum atomic E-state index is 11.7. The fourth-order valence-electron chi connectivity index (χ4n) is 1.74. The first-order valence-corrected chi connectivity index (χ1v) is 6.39. The first-order chi connectivity index (χ1) is 8.13. The van der Waals surface area contributed by atoms with Gasteiger partial charge >= 0.3 is 0 Å². The molecule has 0 bridgehead atoms. The molecule has 1 N–H and O–H groups in total. The molecule has 1 aliphatic heterocycles. The Balaban J connectivity index is 1.80. The van der Waals surface area contributed by atoms with Crippen molar-refractivity contribution in [2.45, 2.75) is 20.0 Å². The summed E-state index contributed by atoms with van der Waals surface area (Å²) in [5.74, 6) is -0.0461. The molecule has 1 aromatic heterocycles. The highest BCUT2D eigenvalue weighted by molar-refractivity contribution is 7.15. The van der Waals surface area contributed by atoms with E-state index < -0.39 is 0 Å². The lowest BCUT2D eigenvalue weighted by molar-refractivity contribution is -0.119. The van der Waals surface area contributed by atoms with Gasteiger partial charge in [-0.05, 0) is 13.8 Å². The number of nitrogens with one attached hydrogen (secondary N) is 1. The Hall–Kier alpha value is -1.05. The van der Waals surface area contributed by atoms with E-state index in [-0.39, 0.29) is 12.0 Å². The van der Waals surface area contributed by atoms with Crippen LogP contribution < -0.4 is 5.32 Å². The fraction of sp³-hybridized carbons (Fsp3) is 0.700. The first-order valence-electron chi connectivity index (χ1n) is 5.57. The maximum Gasteiger partial charge on any atom is 0.240 e. The summed E-state index contributed by atoms with van der Waals surface area (Å²) in [6, 6.07) is 0. The Morgan fingerprint density at radius 2 is 2.47 bits per heavy atom. The minimum Gasteiger partial charge on any atom is -0.376 e. The number of hydrogen-bond donors (Lipinski definition) is 1. The number of amides is 1. The lowest BCUT2D eigenvalue weighted by atomic mass is 10.3. The lowest BCUT2D eigenvalue weighted by Crippen LogP contribution is -2.44. The molecule has 1 atom stereocenters. The summed E-state index contributed by atoms with van der Waals surface area (Å²) in [6.45, 7) is 6.53. The van der Waals surface area contributed by atoms with Gasteiger partial charge in [-0.15, -0.1) is 10.2 Å². The summed E-state index contributed by atoms with van der Waals surface area (Å²) < 4.78 is 5.42. The van der Waals surface area contributed by atoms with Gasteiger partial charge < -0.3 is 4.74 Å². The second-order valence-electron chi connectivity index (χ2n) is 4.09. The number of hydrogen-bond acceptors (Lipinski definition) is 6. The van der Waals surface area contributed by atoms with Crippen molar-refractivity contribution in [3.05, 3.63) is 5.01 Å². The minimum absolute atomic E-state index is 0.0461. The van der Waals surface area contributed by atoms with E-state index in [1.165, 1.54) is 11.3 Å². The predicted molar refractivity (Wildman–Crippen MR) is 65.1 cm³/mol. The highest BCUT2D eigenvalue weighted by Gasteiger charge is 2.19. The van der Waals surface area contributed by atoms with Crippen molar-refractivity contribution in [1.29, 1.82) is 0 Å². The molecule has 6 nitrogen and oxygen atoms in total. The van der Waals surface area contributed by atoms with Gasteiger partial charge in [-0.3, -0.25) is 15.0 Å². The molecule has 94 valence electrons. The summed E-state index contributed by atoms with van der Waals surface area (Å²) >= 11 is 1.38. The number of ether oxygens (including phenoxy) is 1. The van der Waals surface area contributed by atoms with E-state index in [1.807, 2.05) is 13.8 Å². The van der Waals surface area contributed by atoms with Crippen molar-refractivity contribution in [1.82, 2.24) is 15.1 Å². The molecule has 1 fully saturated rings. The highest BCUT2D eigenvalue weighted by atomic mass is 32.1. The highest BCUT2D eigenvalue weighted by Crippen LogP contribution is 2.13. The molecule has 0 aliphatic carbocycles. The predicted octanol–water partition coefficient (Wildman–Crippen LogP) is 0.506. The quantitative estimate of drug-likeness (QED) is 0.853. The third-order valence-corrected chi connectivity index (χ3v) is 3.22. The zero-order valence-electron chi connectivity index (χ0n) is 9.97. The number of nitrogens with zero attached hydrogens (tertiary/aromatic N) is 3. The van der Waals surface area contributed by atoms with Crippen LogP contribution >= 0.6 is 11.3 Å². The van der Waals surface area contributed by atoms with E-state index in [0.717, 1.165) is 18.1 Å². The summed E-state index contributed by atoms with van der Waals surface area (Å²) in [6.07, 6.45) is 0.195. The standard InChI is InChI=1S/C10H16N4O2S/c1-7-5-14(3-4-16-7)6-9(15)11-10-13-12-8(2)17-10/h7H,3-6H2,1-2H3,(H,11,13,15)/t7-/m1/s1. The topological polar surface area (TPSA) is 67.4 Å². The molecule has 1 amide bonds. The van der Waals surface area contributed by atoms with Crippen molar-refractivity contribution < 1.29 is 9.53 Å². The molecular weight excluding hydrogens is 240 g/mol. The zero-order valence-corrected chi connectivity index (χ0v) is 10.8. The molecule has 1 saturated heterocycles. The molecular formula is C10H16N4O2S. The number of rotatable bonds is 3. The Bertz CT molecular complexity index is 395. The number of morpholine rings is 1. The van der Waals surface area contributed by atoms with Gasteiger partial charge in [0.25, 0.3) is 0 Å². The van der Waals surface area contributed by atoms with Crippen LogP contribution in [0.4, 0.5) is 5.13 Å². The first kappa shape index (κ1) is 12.4. The Labute approximate surface area is 104 Å². The number of anilines is 1.